The first kappa shape index (κ1) is 21.5. The molecule has 1 saturated heterocycles. The normalized spacial score (nSPS) is 17.6. The predicted octanol–water partition coefficient (Wildman–Crippen LogP) is 4.99. The van der Waals surface area contributed by atoms with E-state index in [0.717, 1.165) is 5.56 Å². The topological polar surface area (TPSA) is 87.1 Å². The summed E-state index contributed by atoms with van der Waals surface area (Å²) in [5, 5.41) is 21.4. The lowest BCUT2D eigenvalue weighted by Crippen LogP contribution is -2.29. The molecule has 0 spiro atoms. The number of aliphatic hydroxyl groups excluding tert-OH is 1. The second kappa shape index (κ2) is 8.40. The molecule has 0 radical (unpaired) electrons. The summed E-state index contributed by atoms with van der Waals surface area (Å²) in [7, 11) is 1.46. The van der Waals surface area contributed by atoms with E-state index in [4.69, 9.17) is 16.3 Å². The fourth-order valence-corrected chi connectivity index (χ4v) is 4.03. The SMILES string of the molecule is COc1ccc(C)cc1/C(O)=C1\C(=O)C(=O)N(c2cccc(Cl)c2)C1c1ccc(O)cc1. The van der Waals surface area contributed by atoms with Crippen molar-refractivity contribution < 1.29 is 24.5 Å². The minimum absolute atomic E-state index is 0.0359. The number of Topliss-reactive ketones (excluding diaryl/α,β-unsaturated/α-hetero) is 1. The number of hydrogen-bond donors (Lipinski definition) is 2. The van der Waals surface area contributed by atoms with Crippen LogP contribution in [0.25, 0.3) is 5.76 Å². The summed E-state index contributed by atoms with van der Waals surface area (Å²) in [5.74, 6) is -1.56. The number of halogens is 1. The lowest BCUT2D eigenvalue weighted by molar-refractivity contribution is -0.132. The number of ether oxygens (including phenoxy) is 1. The molecular weight excluding hydrogens is 430 g/mol. The van der Waals surface area contributed by atoms with Crippen molar-refractivity contribution in [2.45, 2.75) is 13.0 Å². The van der Waals surface area contributed by atoms with Crippen LogP contribution < -0.4 is 9.64 Å². The summed E-state index contributed by atoms with van der Waals surface area (Å²) >= 11 is 6.14. The maximum atomic E-state index is 13.2. The monoisotopic (exact) mass is 449 g/mol. The number of phenols is 1. The Kier molecular flexibility index (Phi) is 5.63. The Labute approximate surface area is 189 Å². The number of nitrogens with zero attached hydrogens (tertiary/aromatic N) is 1. The Bertz CT molecular complexity index is 1250. The fraction of sp³-hybridized carbons (Fsp3) is 0.120. The standard InChI is InChI=1S/C25H20ClNO5/c1-14-6-11-20(32-2)19(12-14)23(29)21-22(15-7-9-18(28)10-8-15)27(25(31)24(21)30)17-5-3-4-16(26)13-17/h3-13,22,28-29H,1-2H3/b23-21+. The first-order chi connectivity index (χ1) is 15.3. The number of carbonyl (C=O) groups is 2. The molecule has 1 unspecified atom stereocenters. The van der Waals surface area contributed by atoms with Crippen molar-refractivity contribution in [1.82, 2.24) is 0 Å². The van der Waals surface area contributed by atoms with Gasteiger partial charge in [-0.2, -0.15) is 0 Å². The molecule has 0 aromatic heterocycles. The quantitative estimate of drug-likeness (QED) is 0.333. The van der Waals surface area contributed by atoms with Crippen LogP contribution in [-0.4, -0.2) is 29.0 Å². The van der Waals surface area contributed by atoms with Crippen LogP contribution in [0.1, 0.15) is 22.7 Å². The van der Waals surface area contributed by atoms with Gasteiger partial charge >= 0.3 is 0 Å². The molecule has 1 aliphatic heterocycles. The summed E-state index contributed by atoms with van der Waals surface area (Å²) in [6.45, 7) is 1.85. The van der Waals surface area contributed by atoms with Gasteiger partial charge in [0.25, 0.3) is 11.7 Å². The highest BCUT2D eigenvalue weighted by molar-refractivity contribution is 6.51. The Morgan fingerprint density at radius 3 is 2.41 bits per heavy atom. The van der Waals surface area contributed by atoms with Gasteiger partial charge in [0, 0.05) is 10.7 Å². The van der Waals surface area contributed by atoms with E-state index in [9.17, 15) is 19.8 Å². The van der Waals surface area contributed by atoms with Gasteiger partial charge in [0.2, 0.25) is 0 Å². The van der Waals surface area contributed by atoms with E-state index in [2.05, 4.69) is 0 Å². The van der Waals surface area contributed by atoms with Crippen molar-refractivity contribution in [3.8, 4) is 11.5 Å². The summed E-state index contributed by atoms with van der Waals surface area (Å²) in [6, 6.07) is 17.0. The van der Waals surface area contributed by atoms with Crippen LogP contribution in [0.2, 0.25) is 5.02 Å². The number of aromatic hydroxyl groups is 1. The van der Waals surface area contributed by atoms with Gasteiger partial charge < -0.3 is 14.9 Å². The van der Waals surface area contributed by atoms with Crippen molar-refractivity contribution in [1.29, 1.82) is 0 Å². The van der Waals surface area contributed by atoms with Crippen molar-refractivity contribution in [2.75, 3.05) is 12.0 Å². The molecule has 0 bridgehead atoms. The number of aliphatic hydroxyl groups is 1. The number of hydrogen-bond acceptors (Lipinski definition) is 5. The maximum absolute atomic E-state index is 13.2. The van der Waals surface area contributed by atoms with E-state index in [1.165, 1.54) is 24.1 Å². The second-order valence-electron chi connectivity index (χ2n) is 7.44. The fourth-order valence-electron chi connectivity index (χ4n) is 3.85. The van der Waals surface area contributed by atoms with Crippen LogP contribution in [0, 0.1) is 6.92 Å². The number of phenolic OH excluding ortho intramolecular Hbond substituents is 1. The maximum Gasteiger partial charge on any atom is 0.300 e. The van der Waals surface area contributed by atoms with E-state index in [0.29, 0.717) is 27.6 Å². The van der Waals surface area contributed by atoms with Crippen LogP contribution in [0.15, 0.2) is 72.3 Å². The van der Waals surface area contributed by atoms with E-state index >= 15 is 0 Å². The molecule has 162 valence electrons. The van der Waals surface area contributed by atoms with Gasteiger partial charge in [0.15, 0.2) is 0 Å². The molecule has 3 aromatic rings. The molecule has 1 aliphatic rings. The van der Waals surface area contributed by atoms with Crippen LogP contribution in [-0.2, 0) is 9.59 Å². The lowest BCUT2D eigenvalue weighted by Gasteiger charge is -2.25. The third-order valence-corrected chi connectivity index (χ3v) is 5.58. The van der Waals surface area contributed by atoms with Crippen molar-refractivity contribution >= 4 is 34.7 Å². The average Bonchev–Trinajstić information content (AvgIpc) is 3.04. The van der Waals surface area contributed by atoms with E-state index < -0.39 is 17.7 Å². The summed E-state index contributed by atoms with van der Waals surface area (Å²) in [4.78, 5) is 27.6. The first-order valence-corrected chi connectivity index (χ1v) is 10.2. The van der Waals surface area contributed by atoms with E-state index in [1.807, 2.05) is 13.0 Å². The molecule has 2 N–H and O–H groups in total. The molecule has 1 amide bonds. The van der Waals surface area contributed by atoms with Gasteiger partial charge in [0.05, 0.1) is 24.3 Å². The Balaban J connectivity index is 1.99. The zero-order chi connectivity index (χ0) is 23.0. The number of methoxy groups -OCH3 is 1. The number of anilines is 1. The largest absolute Gasteiger partial charge is 0.508 e. The van der Waals surface area contributed by atoms with Crippen molar-refractivity contribution in [2.24, 2.45) is 0 Å². The van der Waals surface area contributed by atoms with Gasteiger partial charge in [-0.05, 0) is 55.0 Å². The third-order valence-electron chi connectivity index (χ3n) is 5.35. The molecule has 7 heteroatoms. The highest BCUT2D eigenvalue weighted by Gasteiger charge is 2.47. The van der Waals surface area contributed by atoms with Crippen LogP contribution in [0.4, 0.5) is 5.69 Å². The van der Waals surface area contributed by atoms with Crippen molar-refractivity contribution in [3.05, 3.63) is 94.0 Å². The summed E-state index contributed by atoms with van der Waals surface area (Å²) in [5.41, 5.74) is 2.02. The Hall–Kier alpha value is -3.77. The third kappa shape index (κ3) is 3.69. The molecule has 6 nitrogen and oxygen atoms in total. The number of amides is 1. The van der Waals surface area contributed by atoms with Gasteiger partial charge in [-0.3, -0.25) is 14.5 Å². The molecule has 3 aromatic carbocycles. The lowest BCUT2D eigenvalue weighted by atomic mass is 9.94. The minimum atomic E-state index is -0.931. The van der Waals surface area contributed by atoms with Gasteiger partial charge in [-0.25, -0.2) is 0 Å². The number of benzene rings is 3. The summed E-state index contributed by atoms with van der Waals surface area (Å²) < 4.78 is 5.37. The molecule has 32 heavy (non-hydrogen) atoms. The molecule has 0 saturated carbocycles. The zero-order valence-corrected chi connectivity index (χ0v) is 18.1. The molecule has 1 fully saturated rings. The van der Waals surface area contributed by atoms with Gasteiger partial charge in [-0.15, -0.1) is 0 Å². The minimum Gasteiger partial charge on any atom is -0.508 e. The van der Waals surface area contributed by atoms with Crippen LogP contribution in [0.3, 0.4) is 0 Å². The molecule has 1 atom stereocenters. The average molecular weight is 450 g/mol. The van der Waals surface area contributed by atoms with E-state index in [1.54, 1.807) is 48.5 Å². The number of carbonyl (C=O) groups excluding carboxylic acids is 2. The predicted molar refractivity (Wildman–Crippen MR) is 122 cm³/mol. The molecule has 0 aliphatic carbocycles. The zero-order valence-electron chi connectivity index (χ0n) is 17.4. The highest BCUT2D eigenvalue weighted by atomic mass is 35.5. The van der Waals surface area contributed by atoms with Crippen molar-refractivity contribution in [3.63, 3.8) is 0 Å². The Morgan fingerprint density at radius 1 is 1.03 bits per heavy atom. The molecular formula is C25H20ClNO5. The van der Waals surface area contributed by atoms with Gasteiger partial charge in [-0.1, -0.05) is 41.4 Å². The summed E-state index contributed by atoms with van der Waals surface area (Å²) in [6.07, 6.45) is 0. The first-order valence-electron chi connectivity index (χ1n) is 9.82. The van der Waals surface area contributed by atoms with Crippen LogP contribution >= 0.6 is 11.6 Å². The highest BCUT2D eigenvalue weighted by Crippen LogP contribution is 2.44. The molecule has 4 rings (SSSR count). The number of rotatable bonds is 4. The number of aryl methyl sites for hydroxylation is 1. The van der Waals surface area contributed by atoms with Crippen LogP contribution in [0.5, 0.6) is 11.5 Å². The smallest absolute Gasteiger partial charge is 0.300 e. The molecule has 1 heterocycles. The second-order valence-corrected chi connectivity index (χ2v) is 7.88. The number of ketones is 1. The van der Waals surface area contributed by atoms with Gasteiger partial charge in [0.1, 0.15) is 17.3 Å². The Morgan fingerprint density at radius 2 is 1.75 bits per heavy atom. The van der Waals surface area contributed by atoms with E-state index in [-0.39, 0.29) is 17.1 Å².